The molecule has 6 nitrogen and oxygen atoms in total. The van der Waals surface area contributed by atoms with Crippen LogP contribution < -0.4 is 0 Å². The van der Waals surface area contributed by atoms with Gasteiger partial charge in [0.1, 0.15) is 5.52 Å². The van der Waals surface area contributed by atoms with Gasteiger partial charge in [-0.25, -0.2) is 4.98 Å². The molecule has 30 heavy (non-hydrogen) atoms. The Morgan fingerprint density at radius 1 is 1.20 bits per heavy atom. The Morgan fingerprint density at radius 2 is 1.93 bits per heavy atom. The van der Waals surface area contributed by atoms with E-state index in [4.69, 9.17) is 16.0 Å². The quantitative estimate of drug-likeness (QED) is 0.477. The normalized spacial score (nSPS) is 12.3. The van der Waals surface area contributed by atoms with Crippen LogP contribution in [0.3, 0.4) is 0 Å². The van der Waals surface area contributed by atoms with Crippen molar-refractivity contribution in [3.63, 3.8) is 0 Å². The molecule has 0 spiro atoms. The standard InChI is InChI=1S/C23H23ClN4O2/c1-13-22(14(2)27-26-13)15(3)28(4)23(29)17-7-10-20-19(12-17)25-21(30-20)11-16-5-8-18(24)9-6-16/h5-10,12,15H,11H2,1-4H3,(H,26,27)/t15-/m0/s1. The number of halogens is 1. The van der Waals surface area contributed by atoms with E-state index in [0.717, 1.165) is 22.5 Å². The van der Waals surface area contributed by atoms with Gasteiger partial charge < -0.3 is 9.32 Å². The van der Waals surface area contributed by atoms with Crippen LogP contribution in [-0.4, -0.2) is 33.0 Å². The largest absolute Gasteiger partial charge is 0.440 e. The Kier molecular flexibility index (Phi) is 5.35. The maximum Gasteiger partial charge on any atom is 0.254 e. The molecule has 1 amide bonds. The average molecular weight is 423 g/mol. The highest BCUT2D eigenvalue weighted by Gasteiger charge is 2.23. The molecule has 0 radical (unpaired) electrons. The number of benzene rings is 2. The molecule has 1 atom stereocenters. The van der Waals surface area contributed by atoms with E-state index in [2.05, 4.69) is 15.2 Å². The van der Waals surface area contributed by atoms with E-state index in [1.807, 2.05) is 45.0 Å². The van der Waals surface area contributed by atoms with Crippen molar-refractivity contribution in [2.75, 3.05) is 7.05 Å². The van der Waals surface area contributed by atoms with Crippen LogP contribution in [-0.2, 0) is 6.42 Å². The minimum Gasteiger partial charge on any atom is -0.440 e. The Hall–Kier alpha value is -3.12. The van der Waals surface area contributed by atoms with Crippen molar-refractivity contribution in [2.24, 2.45) is 0 Å². The number of carbonyl (C=O) groups excluding carboxylic acids is 1. The number of hydrogen-bond donors (Lipinski definition) is 1. The third kappa shape index (κ3) is 3.83. The second kappa shape index (κ2) is 7.95. The number of aromatic nitrogens is 3. The van der Waals surface area contributed by atoms with Crippen LogP contribution in [0, 0.1) is 13.8 Å². The number of fused-ring (bicyclic) bond motifs is 1. The molecule has 0 unspecified atom stereocenters. The maximum atomic E-state index is 13.1. The Bertz CT molecular complexity index is 1190. The van der Waals surface area contributed by atoms with Crippen molar-refractivity contribution in [1.82, 2.24) is 20.1 Å². The number of oxazole rings is 1. The first-order valence-electron chi connectivity index (χ1n) is 9.76. The van der Waals surface area contributed by atoms with Gasteiger partial charge in [-0.2, -0.15) is 5.10 Å². The summed E-state index contributed by atoms with van der Waals surface area (Å²) in [5, 5.41) is 7.92. The topological polar surface area (TPSA) is 75.0 Å². The summed E-state index contributed by atoms with van der Waals surface area (Å²) in [5.74, 6) is 0.523. The third-order valence-corrected chi connectivity index (χ3v) is 5.70. The second-order valence-electron chi connectivity index (χ2n) is 7.53. The molecule has 2 heterocycles. The van der Waals surface area contributed by atoms with Crippen molar-refractivity contribution < 1.29 is 9.21 Å². The molecule has 154 valence electrons. The lowest BCUT2D eigenvalue weighted by Crippen LogP contribution is -2.30. The van der Waals surface area contributed by atoms with Crippen LogP contribution in [0.4, 0.5) is 0 Å². The fourth-order valence-corrected chi connectivity index (χ4v) is 3.83. The fourth-order valence-electron chi connectivity index (χ4n) is 3.71. The monoisotopic (exact) mass is 422 g/mol. The highest BCUT2D eigenvalue weighted by Crippen LogP contribution is 2.26. The lowest BCUT2D eigenvalue weighted by atomic mass is 10.0. The van der Waals surface area contributed by atoms with Crippen LogP contribution in [0.2, 0.25) is 5.02 Å². The van der Waals surface area contributed by atoms with Gasteiger partial charge in [-0.1, -0.05) is 23.7 Å². The predicted molar refractivity (Wildman–Crippen MR) is 117 cm³/mol. The van der Waals surface area contributed by atoms with Gasteiger partial charge in [0.05, 0.1) is 11.7 Å². The van der Waals surface area contributed by atoms with Gasteiger partial charge in [-0.15, -0.1) is 0 Å². The van der Waals surface area contributed by atoms with E-state index in [1.54, 1.807) is 30.1 Å². The van der Waals surface area contributed by atoms with Crippen LogP contribution >= 0.6 is 11.6 Å². The van der Waals surface area contributed by atoms with Gasteiger partial charge in [-0.05, 0) is 56.7 Å². The van der Waals surface area contributed by atoms with Crippen molar-refractivity contribution in [3.8, 4) is 0 Å². The molecular formula is C23H23ClN4O2. The Morgan fingerprint density at radius 3 is 2.60 bits per heavy atom. The lowest BCUT2D eigenvalue weighted by molar-refractivity contribution is 0.0742. The number of amides is 1. The van der Waals surface area contributed by atoms with Crippen LogP contribution in [0.1, 0.15) is 51.7 Å². The van der Waals surface area contributed by atoms with Gasteiger partial charge in [0.2, 0.25) is 0 Å². The summed E-state index contributed by atoms with van der Waals surface area (Å²) in [4.78, 5) is 19.4. The zero-order chi connectivity index (χ0) is 21.4. The minimum atomic E-state index is -0.107. The molecule has 7 heteroatoms. The predicted octanol–water partition coefficient (Wildman–Crippen LogP) is 5.25. The van der Waals surface area contributed by atoms with Gasteiger partial charge in [0, 0.05) is 35.3 Å². The number of hydrogen-bond acceptors (Lipinski definition) is 4. The summed E-state index contributed by atoms with van der Waals surface area (Å²) in [6.45, 7) is 5.91. The number of rotatable bonds is 5. The zero-order valence-electron chi connectivity index (χ0n) is 17.4. The van der Waals surface area contributed by atoms with E-state index < -0.39 is 0 Å². The van der Waals surface area contributed by atoms with E-state index in [0.29, 0.717) is 34.0 Å². The maximum absolute atomic E-state index is 13.1. The molecule has 0 saturated heterocycles. The van der Waals surface area contributed by atoms with Crippen LogP contribution in [0.15, 0.2) is 46.9 Å². The first kappa shape index (κ1) is 20.2. The van der Waals surface area contributed by atoms with Crippen LogP contribution in [0.25, 0.3) is 11.1 Å². The van der Waals surface area contributed by atoms with Gasteiger partial charge in [0.15, 0.2) is 11.5 Å². The summed E-state index contributed by atoms with van der Waals surface area (Å²) in [6, 6.07) is 12.8. The molecule has 0 aliphatic rings. The van der Waals surface area contributed by atoms with Crippen LogP contribution in [0.5, 0.6) is 0 Å². The second-order valence-corrected chi connectivity index (χ2v) is 7.97. The lowest BCUT2D eigenvalue weighted by Gasteiger charge is -2.25. The molecule has 1 N–H and O–H groups in total. The van der Waals surface area contributed by atoms with Gasteiger partial charge >= 0.3 is 0 Å². The summed E-state index contributed by atoms with van der Waals surface area (Å²) in [6.07, 6.45) is 0.561. The minimum absolute atomic E-state index is 0.0772. The molecule has 4 rings (SSSR count). The van der Waals surface area contributed by atoms with E-state index in [-0.39, 0.29) is 11.9 Å². The number of carbonyl (C=O) groups is 1. The fraction of sp³-hybridized carbons (Fsp3) is 0.261. The highest BCUT2D eigenvalue weighted by atomic mass is 35.5. The molecule has 4 aromatic rings. The van der Waals surface area contributed by atoms with Crippen molar-refractivity contribution in [3.05, 3.63) is 81.5 Å². The number of aryl methyl sites for hydroxylation is 2. The molecule has 0 saturated carbocycles. The zero-order valence-corrected chi connectivity index (χ0v) is 18.1. The number of nitrogens with zero attached hydrogens (tertiary/aromatic N) is 3. The Balaban J connectivity index is 1.56. The molecule has 2 aromatic carbocycles. The smallest absolute Gasteiger partial charge is 0.254 e. The summed E-state index contributed by atoms with van der Waals surface area (Å²) in [7, 11) is 1.80. The SMILES string of the molecule is Cc1n[nH]c(C)c1[C@H](C)N(C)C(=O)c1ccc2oc(Cc3ccc(Cl)cc3)nc2c1. The van der Waals surface area contributed by atoms with Crippen molar-refractivity contribution in [1.29, 1.82) is 0 Å². The summed E-state index contributed by atoms with van der Waals surface area (Å²) < 4.78 is 5.85. The molecule has 0 bridgehead atoms. The molecule has 2 aromatic heterocycles. The number of H-pyrrole nitrogens is 1. The first-order chi connectivity index (χ1) is 14.3. The molecule has 0 fully saturated rings. The number of aromatic amines is 1. The highest BCUT2D eigenvalue weighted by molar-refractivity contribution is 6.30. The van der Waals surface area contributed by atoms with Gasteiger partial charge in [0.25, 0.3) is 5.91 Å². The van der Waals surface area contributed by atoms with Gasteiger partial charge in [-0.3, -0.25) is 9.89 Å². The summed E-state index contributed by atoms with van der Waals surface area (Å²) >= 11 is 5.94. The molecular weight excluding hydrogens is 400 g/mol. The van der Waals surface area contributed by atoms with E-state index in [1.165, 1.54) is 0 Å². The van der Waals surface area contributed by atoms with E-state index >= 15 is 0 Å². The Labute approximate surface area is 179 Å². The average Bonchev–Trinajstić information content (AvgIpc) is 3.29. The molecule has 0 aliphatic carbocycles. The third-order valence-electron chi connectivity index (χ3n) is 5.45. The summed E-state index contributed by atoms with van der Waals surface area (Å²) in [5.41, 5.74) is 5.87. The molecule has 0 aliphatic heterocycles. The van der Waals surface area contributed by atoms with Crippen molar-refractivity contribution in [2.45, 2.75) is 33.2 Å². The first-order valence-corrected chi connectivity index (χ1v) is 10.1. The van der Waals surface area contributed by atoms with Crippen molar-refractivity contribution >= 4 is 28.6 Å². The number of nitrogens with one attached hydrogen (secondary N) is 1. The van der Waals surface area contributed by atoms with E-state index in [9.17, 15) is 4.79 Å².